The Balaban J connectivity index is 3.32. The molecule has 0 aliphatic carbocycles. The molecule has 0 aliphatic heterocycles. The monoisotopic (exact) mass is 433 g/mol. The Morgan fingerprint density at radius 3 is 2.19 bits per heavy atom. The molecule has 0 heterocycles. The number of rotatable bonds is 8. The standard InChI is InChI=1S/C24H39N3O4/c1-10-13-27(22(29)18(6)26-23(30)31-24(7,8)9)20(21(28)25-15(2)3)19-14-16(4)11-12-17(19)5/h11-12,14-15,18,20H,10,13H2,1-9H3,(H,25,28)(H,26,30). The summed E-state index contributed by atoms with van der Waals surface area (Å²) in [6, 6.07) is 4.17. The van der Waals surface area contributed by atoms with Crippen LogP contribution >= 0.6 is 0 Å². The van der Waals surface area contributed by atoms with Crippen molar-refractivity contribution in [3.8, 4) is 0 Å². The summed E-state index contributed by atoms with van der Waals surface area (Å²) < 4.78 is 5.28. The second kappa shape index (κ2) is 11.2. The van der Waals surface area contributed by atoms with Gasteiger partial charge in [-0.1, -0.05) is 30.7 Å². The second-order valence-electron chi connectivity index (χ2n) is 9.33. The lowest BCUT2D eigenvalue weighted by Gasteiger charge is -2.34. The van der Waals surface area contributed by atoms with Gasteiger partial charge in [0.1, 0.15) is 17.7 Å². The Labute approximate surface area is 186 Å². The maximum absolute atomic E-state index is 13.4. The summed E-state index contributed by atoms with van der Waals surface area (Å²) in [5, 5.41) is 5.55. The van der Waals surface area contributed by atoms with Gasteiger partial charge in [0.15, 0.2) is 0 Å². The molecular weight excluding hydrogens is 394 g/mol. The van der Waals surface area contributed by atoms with Crippen molar-refractivity contribution in [1.29, 1.82) is 0 Å². The molecule has 2 N–H and O–H groups in total. The van der Waals surface area contributed by atoms with Crippen LogP contribution in [0.25, 0.3) is 0 Å². The predicted molar refractivity (Wildman–Crippen MR) is 123 cm³/mol. The van der Waals surface area contributed by atoms with Crippen molar-refractivity contribution in [3.05, 3.63) is 34.9 Å². The van der Waals surface area contributed by atoms with Gasteiger partial charge in [-0.15, -0.1) is 0 Å². The first-order valence-corrected chi connectivity index (χ1v) is 10.9. The molecule has 0 fully saturated rings. The fraction of sp³-hybridized carbons (Fsp3) is 0.625. The van der Waals surface area contributed by atoms with Crippen LogP contribution in [0.2, 0.25) is 0 Å². The van der Waals surface area contributed by atoms with Crippen LogP contribution in [-0.2, 0) is 14.3 Å². The van der Waals surface area contributed by atoms with Gasteiger partial charge in [-0.05, 0) is 72.9 Å². The minimum Gasteiger partial charge on any atom is -0.444 e. The van der Waals surface area contributed by atoms with Crippen LogP contribution in [0.3, 0.4) is 0 Å². The molecule has 0 bridgehead atoms. The minimum absolute atomic E-state index is 0.0731. The average molecular weight is 434 g/mol. The fourth-order valence-electron chi connectivity index (χ4n) is 3.27. The summed E-state index contributed by atoms with van der Waals surface area (Å²) in [7, 11) is 0. The number of hydrogen-bond acceptors (Lipinski definition) is 4. The number of ether oxygens (including phenoxy) is 1. The second-order valence-corrected chi connectivity index (χ2v) is 9.33. The molecule has 0 aliphatic rings. The van der Waals surface area contributed by atoms with Crippen molar-refractivity contribution >= 4 is 17.9 Å². The summed E-state index contributed by atoms with van der Waals surface area (Å²) in [6.45, 7) is 16.9. The number of amides is 3. The number of carbonyl (C=O) groups is 3. The van der Waals surface area contributed by atoms with Crippen molar-refractivity contribution in [2.45, 2.75) is 92.5 Å². The van der Waals surface area contributed by atoms with Gasteiger partial charge < -0.3 is 20.3 Å². The van der Waals surface area contributed by atoms with E-state index in [1.165, 1.54) is 0 Å². The molecule has 1 aromatic rings. The highest BCUT2D eigenvalue weighted by Gasteiger charge is 2.35. The van der Waals surface area contributed by atoms with Crippen LogP contribution in [0, 0.1) is 13.8 Å². The molecule has 7 nitrogen and oxygen atoms in total. The van der Waals surface area contributed by atoms with E-state index in [1.54, 1.807) is 32.6 Å². The molecule has 1 aromatic carbocycles. The zero-order valence-corrected chi connectivity index (χ0v) is 20.5. The van der Waals surface area contributed by atoms with Gasteiger partial charge in [0.25, 0.3) is 0 Å². The molecule has 0 aromatic heterocycles. The highest BCUT2D eigenvalue weighted by molar-refractivity contribution is 5.92. The normalized spacial score (nSPS) is 13.4. The maximum Gasteiger partial charge on any atom is 0.408 e. The van der Waals surface area contributed by atoms with Crippen molar-refractivity contribution in [1.82, 2.24) is 15.5 Å². The highest BCUT2D eigenvalue weighted by atomic mass is 16.6. The number of alkyl carbamates (subject to hydrolysis) is 1. The van der Waals surface area contributed by atoms with Crippen LogP contribution < -0.4 is 10.6 Å². The molecule has 0 spiro atoms. The van der Waals surface area contributed by atoms with Crippen LogP contribution in [0.15, 0.2) is 18.2 Å². The Morgan fingerprint density at radius 2 is 1.68 bits per heavy atom. The Kier molecular flexibility index (Phi) is 9.53. The SMILES string of the molecule is CCCN(C(=O)C(C)NC(=O)OC(C)(C)C)C(C(=O)NC(C)C)c1cc(C)ccc1C. The smallest absolute Gasteiger partial charge is 0.408 e. The number of hydrogen-bond donors (Lipinski definition) is 2. The third-order valence-electron chi connectivity index (χ3n) is 4.57. The van der Waals surface area contributed by atoms with Gasteiger partial charge in [0.05, 0.1) is 0 Å². The zero-order chi connectivity index (χ0) is 23.9. The van der Waals surface area contributed by atoms with Gasteiger partial charge in [0.2, 0.25) is 11.8 Å². The van der Waals surface area contributed by atoms with Gasteiger partial charge in [0, 0.05) is 12.6 Å². The third-order valence-corrected chi connectivity index (χ3v) is 4.57. The zero-order valence-electron chi connectivity index (χ0n) is 20.5. The number of benzene rings is 1. The molecule has 0 radical (unpaired) electrons. The molecule has 174 valence electrons. The largest absolute Gasteiger partial charge is 0.444 e. The Hall–Kier alpha value is -2.57. The molecule has 1 rings (SSSR count). The maximum atomic E-state index is 13.4. The molecular formula is C24H39N3O4. The van der Waals surface area contributed by atoms with E-state index >= 15 is 0 Å². The lowest BCUT2D eigenvalue weighted by Crippen LogP contribution is -2.52. The molecule has 0 saturated carbocycles. The van der Waals surface area contributed by atoms with E-state index < -0.39 is 23.8 Å². The number of carbonyl (C=O) groups excluding carboxylic acids is 3. The van der Waals surface area contributed by atoms with E-state index in [0.717, 1.165) is 16.7 Å². The summed E-state index contributed by atoms with van der Waals surface area (Å²) in [6.07, 6.45) is 0.000947. The van der Waals surface area contributed by atoms with Crippen molar-refractivity contribution in [2.24, 2.45) is 0 Å². The Morgan fingerprint density at radius 1 is 1.06 bits per heavy atom. The first-order chi connectivity index (χ1) is 14.3. The quantitative estimate of drug-likeness (QED) is 0.648. The molecule has 2 atom stereocenters. The van der Waals surface area contributed by atoms with Crippen LogP contribution in [0.1, 0.15) is 77.6 Å². The molecule has 2 unspecified atom stereocenters. The summed E-state index contributed by atoms with van der Waals surface area (Å²) in [5.41, 5.74) is 2.04. The molecule has 3 amide bonds. The van der Waals surface area contributed by atoms with E-state index in [4.69, 9.17) is 4.74 Å². The van der Waals surface area contributed by atoms with E-state index in [-0.39, 0.29) is 17.9 Å². The van der Waals surface area contributed by atoms with Crippen LogP contribution in [0.4, 0.5) is 4.79 Å². The van der Waals surface area contributed by atoms with E-state index in [0.29, 0.717) is 13.0 Å². The first-order valence-electron chi connectivity index (χ1n) is 10.9. The van der Waals surface area contributed by atoms with Crippen LogP contribution in [-0.4, -0.2) is 47.0 Å². The minimum atomic E-state index is -0.846. The van der Waals surface area contributed by atoms with Gasteiger partial charge in [-0.25, -0.2) is 4.79 Å². The van der Waals surface area contributed by atoms with Gasteiger partial charge in [-0.2, -0.15) is 0 Å². The third kappa shape index (κ3) is 8.23. The Bertz CT molecular complexity index is 784. The number of nitrogens with zero attached hydrogens (tertiary/aromatic N) is 1. The predicted octanol–water partition coefficient (Wildman–Crippen LogP) is 4.02. The molecule has 7 heteroatoms. The number of nitrogens with one attached hydrogen (secondary N) is 2. The lowest BCUT2D eigenvalue weighted by molar-refractivity contribution is -0.142. The average Bonchev–Trinajstić information content (AvgIpc) is 2.61. The van der Waals surface area contributed by atoms with Crippen molar-refractivity contribution in [3.63, 3.8) is 0 Å². The highest BCUT2D eigenvalue weighted by Crippen LogP contribution is 2.27. The van der Waals surface area contributed by atoms with E-state index in [9.17, 15) is 14.4 Å². The van der Waals surface area contributed by atoms with Crippen LogP contribution in [0.5, 0.6) is 0 Å². The molecule has 0 saturated heterocycles. The van der Waals surface area contributed by atoms with Crippen molar-refractivity contribution in [2.75, 3.05) is 6.54 Å². The summed E-state index contributed by atoms with van der Waals surface area (Å²) in [5.74, 6) is -0.576. The topological polar surface area (TPSA) is 87.7 Å². The van der Waals surface area contributed by atoms with Gasteiger partial charge in [-0.3, -0.25) is 9.59 Å². The lowest BCUT2D eigenvalue weighted by atomic mass is 9.96. The van der Waals surface area contributed by atoms with Gasteiger partial charge >= 0.3 is 6.09 Å². The summed E-state index contributed by atoms with van der Waals surface area (Å²) >= 11 is 0. The molecule has 31 heavy (non-hydrogen) atoms. The number of aryl methyl sites for hydroxylation is 2. The van der Waals surface area contributed by atoms with Crippen molar-refractivity contribution < 1.29 is 19.1 Å². The van der Waals surface area contributed by atoms with E-state index in [1.807, 2.05) is 52.8 Å². The summed E-state index contributed by atoms with van der Waals surface area (Å²) in [4.78, 5) is 40.4. The van der Waals surface area contributed by atoms with E-state index in [2.05, 4.69) is 10.6 Å². The fourth-order valence-corrected chi connectivity index (χ4v) is 3.27. The first kappa shape index (κ1) is 26.5.